The minimum atomic E-state index is -1.08. The molecular formula is C17H18ClN5O4. The highest BCUT2D eigenvalue weighted by Gasteiger charge is 2.41. The van der Waals surface area contributed by atoms with E-state index in [1.807, 2.05) is 0 Å². The van der Waals surface area contributed by atoms with Crippen LogP contribution in [-0.2, 0) is 0 Å². The van der Waals surface area contributed by atoms with Gasteiger partial charge < -0.3 is 30.8 Å². The molecule has 3 aromatic rings. The number of furan rings is 1. The van der Waals surface area contributed by atoms with E-state index in [1.54, 1.807) is 24.5 Å². The number of pyridine rings is 1. The van der Waals surface area contributed by atoms with E-state index in [1.165, 1.54) is 0 Å². The van der Waals surface area contributed by atoms with Crippen molar-refractivity contribution in [2.75, 3.05) is 17.7 Å². The summed E-state index contributed by atoms with van der Waals surface area (Å²) >= 11 is 6.30. The molecule has 4 rings (SSSR count). The van der Waals surface area contributed by atoms with E-state index in [4.69, 9.17) is 21.8 Å². The van der Waals surface area contributed by atoms with E-state index < -0.39 is 24.2 Å². The number of aliphatic hydroxyl groups is 3. The Hall–Kier alpha value is -2.46. The Kier molecular flexibility index (Phi) is 4.60. The molecule has 1 saturated carbocycles. The van der Waals surface area contributed by atoms with Crippen molar-refractivity contribution in [2.45, 2.75) is 24.7 Å². The van der Waals surface area contributed by atoms with E-state index in [0.29, 0.717) is 23.3 Å². The molecule has 1 fully saturated rings. The summed E-state index contributed by atoms with van der Waals surface area (Å²) in [6, 6.07) is 3.02. The minimum Gasteiger partial charge on any atom is -0.454 e. The number of nitrogens with one attached hydrogen (secondary N) is 1. The summed E-state index contributed by atoms with van der Waals surface area (Å²) < 4.78 is 5.81. The van der Waals surface area contributed by atoms with Gasteiger partial charge in [-0.1, -0.05) is 11.6 Å². The maximum absolute atomic E-state index is 10.3. The molecule has 27 heavy (non-hydrogen) atoms. The third-order valence-corrected chi connectivity index (χ3v) is 5.08. The van der Waals surface area contributed by atoms with E-state index >= 15 is 0 Å². The van der Waals surface area contributed by atoms with Gasteiger partial charge in [-0.05, 0) is 18.6 Å². The fraction of sp³-hybridized carbons (Fsp3) is 0.353. The number of nitrogen functional groups attached to an aromatic ring is 1. The van der Waals surface area contributed by atoms with Gasteiger partial charge in [-0.2, -0.15) is 4.98 Å². The standard InChI is InChI=1S/C17H18ClN5O4/c18-15-12(10-4-7-1-2-20-5-11(7)27-10)16(23-17(19)22-15)21-9-3-8(6-24)13(25)14(9)26/h1-2,4-5,8-9,13-14,24-26H,3,6H2,(H3,19,21,22,23)/t8-,9-,13-,14+/m1/s1. The van der Waals surface area contributed by atoms with Gasteiger partial charge in [0.1, 0.15) is 22.8 Å². The summed E-state index contributed by atoms with van der Waals surface area (Å²) in [6.45, 7) is -0.230. The maximum atomic E-state index is 10.3. The van der Waals surface area contributed by atoms with Crippen LogP contribution in [-0.4, -0.2) is 55.1 Å². The lowest BCUT2D eigenvalue weighted by molar-refractivity contribution is 0.00446. The zero-order chi connectivity index (χ0) is 19.1. The van der Waals surface area contributed by atoms with Gasteiger partial charge in [0.2, 0.25) is 5.95 Å². The van der Waals surface area contributed by atoms with Crippen LogP contribution < -0.4 is 11.1 Å². The minimum absolute atomic E-state index is 0.0456. The van der Waals surface area contributed by atoms with Gasteiger partial charge in [-0.3, -0.25) is 4.98 Å². The number of nitrogens with zero attached hydrogens (tertiary/aromatic N) is 3. The van der Waals surface area contributed by atoms with Crippen LogP contribution in [0.15, 0.2) is 28.9 Å². The molecule has 0 amide bonds. The van der Waals surface area contributed by atoms with Crippen molar-refractivity contribution in [3.05, 3.63) is 29.7 Å². The molecule has 9 nitrogen and oxygen atoms in total. The van der Waals surface area contributed by atoms with Gasteiger partial charge in [0.05, 0.1) is 23.9 Å². The Morgan fingerprint density at radius 3 is 2.81 bits per heavy atom. The van der Waals surface area contributed by atoms with E-state index in [2.05, 4.69) is 20.3 Å². The van der Waals surface area contributed by atoms with Crippen molar-refractivity contribution in [1.82, 2.24) is 15.0 Å². The zero-order valence-corrected chi connectivity index (χ0v) is 14.8. The number of fused-ring (bicyclic) bond motifs is 1. The summed E-state index contributed by atoms with van der Waals surface area (Å²) in [6.07, 6.45) is 1.46. The van der Waals surface area contributed by atoms with Gasteiger partial charge in [-0.15, -0.1) is 0 Å². The average Bonchev–Trinajstić information content (AvgIpc) is 3.17. The lowest BCUT2D eigenvalue weighted by Gasteiger charge is -2.20. The SMILES string of the molecule is Nc1nc(Cl)c(-c2cc3ccncc3o2)c(N[C@@H]2C[C@H](CO)[C@@H](O)[C@H]2O)n1. The first-order valence-electron chi connectivity index (χ1n) is 8.38. The van der Waals surface area contributed by atoms with Crippen molar-refractivity contribution >= 4 is 34.3 Å². The molecule has 1 aliphatic carbocycles. The molecule has 0 radical (unpaired) electrons. The molecule has 0 spiro atoms. The van der Waals surface area contributed by atoms with Crippen LogP contribution in [0, 0.1) is 5.92 Å². The maximum Gasteiger partial charge on any atom is 0.223 e. The normalized spacial score (nSPS) is 25.2. The molecule has 1 aliphatic rings. The molecule has 3 heterocycles. The topological polar surface area (TPSA) is 151 Å². The molecule has 0 aliphatic heterocycles. The van der Waals surface area contributed by atoms with Crippen molar-refractivity contribution in [3.63, 3.8) is 0 Å². The van der Waals surface area contributed by atoms with Gasteiger partial charge >= 0.3 is 0 Å². The van der Waals surface area contributed by atoms with Crippen LogP contribution in [0.2, 0.25) is 5.15 Å². The highest BCUT2D eigenvalue weighted by molar-refractivity contribution is 6.32. The molecule has 10 heteroatoms. The molecule has 0 aromatic carbocycles. The lowest BCUT2D eigenvalue weighted by Crippen LogP contribution is -2.35. The predicted molar refractivity (Wildman–Crippen MR) is 99.1 cm³/mol. The first-order valence-corrected chi connectivity index (χ1v) is 8.76. The molecule has 6 N–H and O–H groups in total. The average molecular weight is 392 g/mol. The van der Waals surface area contributed by atoms with Crippen LogP contribution in [0.25, 0.3) is 22.3 Å². The molecule has 3 aromatic heterocycles. The van der Waals surface area contributed by atoms with Gasteiger partial charge in [0.25, 0.3) is 0 Å². The van der Waals surface area contributed by atoms with Crippen LogP contribution in [0.5, 0.6) is 0 Å². The van der Waals surface area contributed by atoms with Crippen molar-refractivity contribution in [3.8, 4) is 11.3 Å². The highest BCUT2D eigenvalue weighted by Crippen LogP contribution is 2.38. The van der Waals surface area contributed by atoms with E-state index in [0.717, 1.165) is 5.39 Å². The Labute approximate surface area is 158 Å². The second-order valence-corrected chi connectivity index (χ2v) is 6.89. The first-order chi connectivity index (χ1) is 13.0. The van der Waals surface area contributed by atoms with Crippen LogP contribution in [0.3, 0.4) is 0 Å². The number of nitrogens with two attached hydrogens (primary N) is 1. The molecule has 0 unspecified atom stereocenters. The molecule has 0 saturated heterocycles. The molecule has 4 atom stereocenters. The molecular weight excluding hydrogens is 374 g/mol. The quantitative estimate of drug-likeness (QED) is 0.411. The fourth-order valence-electron chi connectivity index (χ4n) is 3.40. The monoisotopic (exact) mass is 391 g/mol. The number of hydrogen-bond donors (Lipinski definition) is 5. The van der Waals surface area contributed by atoms with Crippen LogP contribution in [0.1, 0.15) is 6.42 Å². The number of hydrogen-bond acceptors (Lipinski definition) is 9. The number of halogens is 1. The number of aliphatic hydroxyl groups excluding tert-OH is 3. The fourth-order valence-corrected chi connectivity index (χ4v) is 3.67. The summed E-state index contributed by atoms with van der Waals surface area (Å²) in [5.41, 5.74) is 6.69. The Morgan fingerprint density at radius 2 is 2.11 bits per heavy atom. The van der Waals surface area contributed by atoms with Crippen molar-refractivity contribution in [1.29, 1.82) is 0 Å². The van der Waals surface area contributed by atoms with E-state index in [9.17, 15) is 15.3 Å². The summed E-state index contributed by atoms with van der Waals surface area (Å²) in [5, 5.41) is 33.6. The third kappa shape index (κ3) is 3.19. The van der Waals surface area contributed by atoms with Crippen molar-refractivity contribution < 1.29 is 19.7 Å². The van der Waals surface area contributed by atoms with Crippen LogP contribution >= 0.6 is 11.6 Å². The van der Waals surface area contributed by atoms with Crippen LogP contribution in [0.4, 0.5) is 11.8 Å². The smallest absolute Gasteiger partial charge is 0.223 e. The lowest BCUT2D eigenvalue weighted by atomic mass is 10.1. The van der Waals surface area contributed by atoms with Crippen molar-refractivity contribution in [2.24, 2.45) is 5.92 Å². The molecule has 142 valence electrons. The summed E-state index contributed by atoms with van der Waals surface area (Å²) in [5.74, 6) is 0.204. The largest absolute Gasteiger partial charge is 0.454 e. The van der Waals surface area contributed by atoms with E-state index in [-0.39, 0.29) is 23.5 Å². The number of rotatable bonds is 4. The van der Waals surface area contributed by atoms with Gasteiger partial charge in [0, 0.05) is 24.1 Å². The molecule has 0 bridgehead atoms. The zero-order valence-electron chi connectivity index (χ0n) is 14.1. The predicted octanol–water partition coefficient (Wildman–Crippen LogP) is 1.03. The Bertz CT molecular complexity index is 948. The first kappa shape index (κ1) is 17.9. The second-order valence-electron chi connectivity index (χ2n) is 6.53. The summed E-state index contributed by atoms with van der Waals surface area (Å²) in [7, 11) is 0. The number of aromatic nitrogens is 3. The van der Waals surface area contributed by atoms with Gasteiger partial charge in [0.15, 0.2) is 5.58 Å². The Balaban J connectivity index is 1.75. The summed E-state index contributed by atoms with van der Waals surface area (Å²) in [4.78, 5) is 12.2. The highest BCUT2D eigenvalue weighted by atomic mass is 35.5. The number of anilines is 2. The Morgan fingerprint density at radius 1 is 1.30 bits per heavy atom. The third-order valence-electron chi connectivity index (χ3n) is 4.81. The second kappa shape index (κ2) is 6.93. The van der Waals surface area contributed by atoms with Gasteiger partial charge in [-0.25, -0.2) is 4.98 Å².